The second kappa shape index (κ2) is 10.0. The summed E-state index contributed by atoms with van der Waals surface area (Å²) in [6.07, 6.45) is 1.78. The number of rotatable bonds is 7. The quantitative estimate of drug-likeness (QED) is 0.493. The molecule has 0 fully saturated rings. The topological polar surface area (TPSA) is 58.2 Å². The van der Waals surface area contributed by atoms with Crippen LogP contribution in [0.3, 0.4) is 0 Å². The molecule has 0 saturated carbocycles. The van der Waals surface area contributed by atoms with E-state index in [9.17, 15) is 9.59 Å². The van der Waals surface area contributed by atoms with E-state index in [2.05, 4.69) is 10.6 Å². The molecule has 0 aromatic heterocycles. The first-order chi connectivity index (χ1) is 12.3. The first-order valence-corrected chi connectivity index (χ1v) is 9.36. The van der Waals surface area contributed by atoms with E-state index in [1.807, 2.05) is 0 Å². The third-order valence-electron chi connectivity index (χ3n) is 3.46. The van der Waals surface area contributed by atoms with Crippen molar-refractivity contribution in [1.82, 2.24) is 0 Å². The molecule has 2 N–H and O–H groups in total. The Bertz CT molecular complexity index is 744. The minimum Gasteiger partial charge on any atom is -0.326 e. The lowest BCUT2D eigenvalue weighted by molar-refractivity contribution is -0.118. The molecule has 138 valence electrons. The molecule has 0 saturated heterocycles. The van der Waals surface area contributed by atoms with Gasteiger partial charge in [0.25, 0.3) is 0 Å². The van der Waals surface area contributed by atoms with Crippen LogP contribution in [0, 0.1) is 0 Å². The minimum absolute atomic E-state index is 0.145. The summed E-state index contributed by atoms with van der Waals surface area (Å²) < 4.78 is 0. The van der Waals surface area contributed by atoms with Gasteiger partial charge >= 0.3 is 0 Å². The maximum atomic E-state index is 11.9. The van der Waals surface area contributed by atoms with Gasteiger partial charge in [-0.3, -0.25) is 9.59 Å². The highest BCUT2D eigenvalue weighted by Gasteiger charge is 2.07. The number of hydrogen-bond donors (Lipinski definition) is 2. The summed E-state index contributed by atoms with van der Waals surface area (Å²) in [6.45, 7) is 0. The molecule has 2 amide bonds. The Kier molecular flexibility index (Phi) is 8.04. The molecule has 0 unspecified atom stereocenters. The average Bonchev–Trinajstić information content (AvgIpc) is 2.58. The fraction of sp³-hybridized carbons (Fsp3) is 0.222. The molecule has 2 aromatic rings. The third-order valence-corrected chi connectivity index (χ3v) is 4.94. The SMILES string of the molecule is O=C(CCCCC(=O)Nc1ccc(Cl)c(Cl)c1)Nc1ccc(Cl)c(Cl)c1. The van der Waals surface area contributed by atoms with Gasteiger partial charge in [-0.05, 0) is 49.2 Å². The predicted molar refractivity (Wildman–Crippen MR) is 109 cm³/mol. The first-order valence-electron chi connectivity index (χ1n) is 7.85. The molecule has 0 atom stereocenters. The van der Waals surface area contributed by atoms with Crippen molar-refractivity contribution in [1.29, 1.82) is 0 Å². The minimum atomic E-state index is -0.145. The van der Waals surface area contributed by atoms with E-state index in [0.717, 1.165) is 0 Å². The molecule has 0 heterocycles. The summed E-state index contributed by atoms with van der Waals surface area (Å²) in [4.78, 5) is 23.8. The van der Waals surface area contributed by atoms with Crippen LogP contribution in [-0.2, 0) is 9.59 Å². The van der Waals surface area contributed by atoms with E-state index < -0.39 is 0 Å². The van der Waals surface area contributed by atoms with E-state index in [0.29, 0.717) is 57.1 Å². The van der Waals surface area contributed by atoms with Crippen LogP contribution in [0.5, 0.6) is 0 Å². The van der Waals surface area contributed by atoms with Gasteiger partial charge in [-0.15, -0.1) is 0 Å². The first kappa shape index (κ1) is 20.8. The molecule has 0 aliphatic rings. The van der Waals surface area contributed by atoms with Crippen LogP contribution in [0.15, 0.2) is 36.4 Å². The zero-order valence-corrected chi connectivity index (χ0v) is 16.6. The summed E-state index contributed by atoms with van der Waals surface area (Å²) in [5.41, 5.74) is 1.17. The Labute approximate surface area is 171 Å². The standard InChI is InChI=1S/C18H16Cl4N2O2/c19-13-7-5-11(9-15(13)21)23-17(25)3-1-2-4-18(26)24-12-6-8-14(20)16(22)10-12/h5-10H,1-4H2,(H,23,25)(H,24,26). The highest BCUT2D eigenvalue weighted by molar-refractivity contribution is 6.42. The van der Waals surface area contributed by atoms with Crippen LogP contribution in [0.2, 0.25) is 20.1 Å². The van der Waals surface area contributed by atoms with Gasteiger partial charge in [-0.1, -0.05) is 46.4 Å². The average molecular weight is 434 g/mol. The van der Waals surface area contributed by atoms with Gasteiger partial charge in [0.05, 0.1) is 20.1 Å². The number of nitrogens with one attached hydrogen (secondary N) is 2. The molecular weight excluding hydrogens is 418 g/mol. The van der Waals surface area contributed by atoms with Crippen LogP contribution in [0.1, 0.15) is 25.7 Å². The number of halogens is 4. The summed E-state index contributed by atoms with van der Waals surface area (Å²) >= 11 is 23.5. The van der Waals surface area contributed by atoms with Crippen LogP contribution in [-0.4, -0.2) is 11.8 Å². The summed E-state index contributed by atoms with van der Waals surface area (Å²) in [5.74, 6) is -0.290. The van der Waals surface area contributed by atoms with Crippen molar-refractivity contribution >= 4 is 69.6 Å². The number of unbranched alkanes of at least 4 members (excludes halogenated alkanes) is 1. The van der Waals surface area contributed by atoms with Crippen molar-refractivity contribution in [3.05, 3.63) is 56.5 Å². The zero-order chi connectivity index (χ0) is 19.1. The van der Waals surface area contributed by atoms with Crippen molar-refractivity contribution in [3.63, 3.8) is 0 Å². The summed E-state index contributed by atoms with van der Waals surface area (Å²) in [5, 5.41) is 7.09. The molecule has 26 heavy (non-hydrogen) atoms. The fourth-order valence-corrected chi connectivity index (χ4v) is 2.76. The molecule has 0 spiro atoms. The molecule has 2 rings (SSSR count). The third kappa shape index (κ3) is 6.69. The van der Waals surface area contributed by atoms with Gasteiger partial charge in [0.15, 0.2) is 0 Å². The van der Waals surface area contributed by atoms with Gasteiger partial charge in [-0.25, -0.2) is 0 Å². The van der Waals surface area contributed by atoms with Crippen molar-refractivity contribution in [2.45, 2.75) is 25.7 Å². The predicted octanol–water partition coefficient (Wildman–Crippen LogP) is 6.44. The highest BCUT2D eigenvalue weighted by Crippen LogP contribution is 2.26. The Morgan fingerprint density at radius 2 is 1.04 bits per heavy atom. The lowest BCUT2D eigenvalue weighted by atomic mass is 10.1. The fourth-order valence-electron chi connectivity index (χ4n) is 2.17. The lowest BCUT2D eigenvalue weighted by Gasteiger charge is -2.07. The normalized spacial score (nSPS) is 10.5. The van der Waals surface area contributed by atoms with Gasteiger partial charge in [0.1, 0.15) is 0 Å². The van der Waals surface area contributed by atoms with E-state index in [-0.39, 0.29) is 11.8 Å². The number of hydrogen-bond acceptors (Lipinski definition) is 2. The zero-order valence-electron chi connectivity index (χ0n) is 13.6. The van der Waals surface area contributed by atoms with Crippen LogP contribution in [0.25, 0.3) is 0 Å². The van der Waals surface area contributed by atoms with Crippen molar-refractivity contribution in [2.75, 3.05) is 10.6 Å². The van der Waals surface area contributed by atoms with E-state index in [4.69, 9.17) is 46.4 Å². The highest BCUT2D eigenvalue weighted by atomic mass is 35.5. The Morgan fingerprint density at radius 3 is 1.38 bits per heavy atom. The van der Waals surface area contributed by atoms with Crippen LogP contribution in [0.4, 0.5) is 11.4 Å². The molecule has 4 nitrogen and oxygen atoms in total. The van der Waals surface area contributed by atoms with E-state index in [1.165, 1.54) is 0 Å². The monoisotopic (exact) mass is 432 g/mol. The maximum absolute atomic E-state index is 11.9. The number of carbonyl (C=O) groups is 2. The Hall–Kier alpha value is -1.46. The number of benzene rings is 2. The van der Waals surface area contributed by atoms with E-state index in [1.54, 1.807) is 36.4 Å². The molecule has 8 heteroatoms. The van der Waals surface area contributed by atoms with Crippen LogP contribution < -0.4 is 10.6 Å². The van der Waals surface area contributed by atoms with Crippen molar-refractivity contribution in [3.8, 4) is 0 Å². The lowest BCUT2D eigenvalue weighted by Crippen LogP contribution is -2.13. The largest absolute Gasteiger partial charge is 0.326 e. The maximum Gasteiger partial charge on any atom is 0.224 e. The second-order valence-corrected chi connectivity index (χ2v) is 7.19. The summed E-state index contributed by atoms with van der Waals surface area (Å²) in [6, 6.07) is 9.77. The van der Waals surface area contributed by atoms with Crippen molar-refractivity contribution < 1.29 is 9.59 Å². The van der Waals surface area contributed by atoms with Gasteiger partial charge in [-0.2, -0.15) is 0 Å². The summed E-state index contributed by atoms with van der Waals surface area (Å²) in [7, 11) is 0. The Balaban J connectivity index is 1.68. The van der Waals surface area contributed by atoms with Gasteiger partial charge in [0.2, 0.25) is 11.8 Å². The molecule has 2 aromatic carbocycles. The molecule has 0 bridgehead atoms. The number of anilines is 2. The van der Waals surface area contributed by atoms with Crippen LogP contribution >= 0.6 is 46.4 Å². The number of amides is 2. The van der Waals surface area contributed by atoms with E-state index >= 15 is 0 Å². The molecule has 0 radical (unpaired) electrons. The van der Waals surface area contributed by atoms with Crippen molar-refractivity contribution in [2.24, 2.45) is 0 Å². The smallest absolute Gasteiger partial charge is 0.224 e. The molecule has 0 aliphatic carbocycles. The number of carbonyl (C=O) groups excluding carboxylic acids is 2. The van der Waals surface area contributed by atoms with Gasteiger partial charge in [0, 0.05) is 24.2 Å². The van der Waals surface area contributed by atoms with Gasteiger partial charge < -0.3 is 10.6 Å². The Morgan fingerprint density at radius 1 is 0.654 bits per heavy atom. The molecule has 0 aliphatic heterocycles. The molecular formula is C18H16Cl4N2O2. The second-order valence-electron chi connectivity index (χ2n) is 5.56.